The molecule has 114 valence electrons. The molecule has 0 saturated carbocycles. The number of amides is 1. The second kappa shape index (κ2) is 6.64. The van der Waals surface area contributed by atoms with Gasteiger partial charge in [-0.2, -0.15) is 0 Å². The van der Waals surface area contributed by atoms with E-state index >= 15 is 0 Å². The van der Waals surface area contributed by atoms with Crippen molar-refractivity contribution in [2.75, 3.05) is 37.7 Å². The van der Waals surface area contributed by atoms with Gasteiger partial charge in [0.15, 0.2) is 0 Å². The van der Waals surface area contributed by atoms with Gasteiger partial charge in [0.25, 0.3) is 5.91 Å². The van der Waals surface area contributed by atoms with E-state index in [4.69, 9.17) is 16.3 Å². The summed E-state index contributed by atoms with van der Waals surface area (Å²) in [4.78, 5) is 14.4. The van der Waals surface area contributed by atoms with Crippen LogP contribution in [-0.4, -0.2) is 50.8 Å². The lowest BCUT2D eigenvalue weighted by Crippen LogP contribution is -2.50. The van der Waals surface area contributed by atoms with E-state index < -0.39 is 0 Å². The molecule has 2 heterocycles. The molecule has 0 spiro atoms. The number of anilines is 1. The van der Waals surface area contributed by atoms with Crippen molar-refractivity contribution >= 4 is 23.2 Å². The number of morpholine rings is 1. The van der Waals surface area contributed by atoms with Crippen molar-refractivity contribution in [3.05, 3.63) is 29.3 Å². The molecule has 0 radical (unpaired) electrons. The summed E-state index contributed by atoms with van der Waals surface area (Å²) in [7, 11) is 0. The van der Waals surface area contributed by atoms with E-state index in [1.165, 1.54) is 0 Å². The molecule has 2 saturated heterocycles. The molecule has 2 unspecified atom stereocenters. The van der Waals surface area contributed by atoms with Crippen LogP contribution in [0.15, 0.2) is 24.3 Å². The maximum Gasteiger partial charge on any atom is 0.250 e. The summed E-state index contributed by atoms with van der Waals surface area (Å²) in [6.07, 6.45) is 0.581. The van der Waals surface area contributed by atoms with Crippen molar-refractivity contribution in [3.63, 3.8) is 0 Å². The Bertz CT molecular complexity index is 505. The first-order chi connectivity index (χ1) is 10.2. The van der Waals surface area contributed by atoms with Crippen LogP contribution < -0.4 is 15.5 Å². The van der Waals surface area contributed by atoms with Crippen molar-refractivity contribution in [2.45, 2.75) is 18.6 Å². The molecule has 2 N–H and O–H groups in total. The van der Waals surface area contributed by atoms with Crippen LogP contribution in [0, 0.1) is 0 Å². The molecule has 6 heteroatoms. The quantitative estimate of drug-likeness (QED) is 0.875. The molecule has 1 aromatic carbocycles. The predicted molar refractivity (Wildman–Crippen MR) is 82.8 cm³/mol. The van der Waals surface area contributed by atoms with Crippen LogP contribution in [0.3, 0.4) is 0 Å². The van der Waals surface area contributed by atoms with Crippen LogP contribution in [0.4, 0.5) is 5.69 Å². The average molecular weight is 310 g/mol. The Morgan fingerprint density at radius 2 is 2.38 bits per heavy atom. The first-order valence-electron chi connectivity index (χ1n) is 7.35. The Balaban J connectivity index is 1.53. The Kier molecular flexibility index (Phi) is 4.63. The number of hydrogen-bond acceptors (Lipinski definition) is 4. The topological polar surface area (TPSA) is 53.6 Å². The van der Waals surface area contributed by atoms with Crippen LogP contribution in [0.1, 0.15) is 6.42 Å². The van der Waals surface area contributed by atoms with E-state index in [9.17, 15) is 4.79 Å². The van der Waals surface area contributed by atoms with E-state index in [0.717, 1.165) is 36.8 Å². The van der Waals surface area contributed by atoms with E-state index in [1.807, 2.05) is 24.3 Å². The smallest absolute Gasteiger partial charge is 0.250 e. The minimum atomic E-state index is -0.362. The molecule has 21 heavy (non-hydrogen) atoms. The minimum Gasteiger partial charge on any atom is -0.369 e. The standard InChI is InChI=1S/C15H20ClN3O2/c16-11-2-1-3-13(8-11)19-6-4-12(10-19)18-15(20)14-9-17-5-7-21-14/h1-3,8,12,14,17H,4-7,9-10H2,(H,18,20). The van der Waals surface area contributed by atoms with Crippen molar-refractivity contribution in [2.24, 2.45) is 0 Å². The van der Waals surface area contributed by atoms with Gasteiger partial charge in [0.2, 0.25) is 0 Å². The van der Waals surface area contributed by atoms with Gasteiger partial charge < -0.3 is 20.3 Å². The largest absolute Gasteiger partial charge is 0.369 e. The number of nitrogens with zero attached hydrogens (tertiary/aromatic N) is 1. The molecule has 2 fully saturated rings. The normalized spacial score (nSPS) is 25.9. The fourth-order valence-corrected chi connectivity index (χ4v) is 3.00. The fourth-order valence-electron chi connectivity index (χ4n) is 2.81. The Morgan fingerprint density at radius 1 is 1.48 bits per heavy atom. The number of carbonyl (C=O) groups is 1. The third-order valence-corrected chi connectivity index (χ3v) is 4.16. The van der Waals surface area contributed by atoms with E-state index in [2.05, 4.69) is 15.5 Å². The van der Waals surface area contributed by atoms with Gasteiger partial charge >= 0.3 is 0 Å². The summed E-state index contributed by atoms with van der Waals surface area (Å²) in [6.45, 7) is 3.74. The third kappa shape index (κ3) is 3.67. The molecule has 2 aliphatic rings. The predicted octanol–water partition coefficient (Wildman–Crippen LogP) is 1.02. The second-order valence-electron chi connectivity index (χ2n) is 5.48. The Hall–Kier alpha value is -1.30. The van der Waals surface area contributed by atoms with Crippen molar-refractivity contribution < 1.29 is 9.53 Å². The Labute approximate surface area is 129 Å². The van der Waals surface area contributed by atoms with Gasteiger partial charge in [0.05, 0.1) is 6.61 Å². The highest BCUT2D eigenvalue weighted by atomic mass is 35.5. The van der Waals surface area contributed by atoms with Gasteiger partial charge in [-0.1, -0.05) is 17.7 Å². The van der Waals surface area contributed by atoms with Gasteiger partial charge in [-0.3, -0.25) is 4.79 Å². The van der Waals surface area contributed by atoms with Crippen LogP contribution in [0.25, 0.3) is 0 Å². The van der Waals surface area contributed by atoms with Gasteiger partial charge in [-0.05, 0) is 24.6 Å². The molecule has 5 nitrogen and oxygen atoms in total. The summed E-state index contributed by atoms with van der Waals surface area (Å²) in [5.74, 6) is -0.0138. The lowest BCUT2D eigenvalue weighted by molar-refractivity contribution is -0.134. The van der Waals surface area contributed by atoms with Crippen molar-refractivity contribution in [3.8, 4) is 0 Å². The highest BCUT2D eigenvalue weighted by Gasteiger charge is 2.28. The molecule has 2 aliphatic heterocycles. The first-order valence-corrected chi connectivity index (χ1v) is 7.73. The highest BCUT2D eigenvalue weighted by molar-refractivity contribution is 6.30. The first kappa shape index (κ1) is 14.6. The summed E-state index contributed by atoms with van der Waals surface area (Å²) in [6, 6.07) is 7.99. The van der Waals surface area contributed by atoms with Gasteiger partial charge in [-0.15, -0.1) is 0 Å². The molecular formula is C15H20ClN3O2. The summed E-state index contributed by atoms with van der Waals surface area (Å²) < 4.78 is 5.47. The third-order valence-electron chi connectivity index (χ3n) is 3.93. The highest BCUT2D eigenvalue weighted by Crippen LogP contribution is 2.23. The van der Waals surface area contributed by atoms with Crippen molar-refractivity contribution in [1.82, 2.24) is 10.6 Å². The maximum absolute atomic E-state index is 12.1. The summed E-state index contributed by atoms with van der Waals surface area (Å²) in [5.41, 5.74) is 1.11. The molecular weight excluding hydrogens is 290 g/mol. The molecule has 1 amide bonds. The lowest BCUT2D eigenvalue weighted by atomic mass is 10.2. The molecule has 3 rings (SSSR count). The molecule has 0 aromatic heterocycles. The number of rotatable bonds is 3. The SMILES string of the molecule is O=C(NC1CCN(c2cccc(Cl)c2)C1)C1CNCCO1. The van der Waals surface area contributed by atoms with Crippen LogP contribution in [0.2, 0.25) is 5.02 Å². The van der Waals surface area contributed by atoms with E-state index in [0.29, 0.717) is 13.2 Å². The zero-order valence-electron chi connectivity index (χ0n) is 11.8. The van der Waals surface area contributed by atoms with Gasteiger partial charge in [-0.25, -0.2) is 0 Å². The average Bonchev–Trinajstić information content (AvgIpc) is 2.97. The summed E-state index contributed by atoms with van der Waals surface area (Å²) >= 11 is 6.03. The van der Waals surface area contributed by atoms with Crippen molar-refractivity contribution in [1.29, 1.82) is 0 Å². The van der Waals surface area contributed by atoms with E-state index in [1.54, 1.807) is 0 Å². The number of carbonyl (C=O) groups excluding carboxylic acids is 1. The fraction of sp³-hybridized carbons (Fsp3) is 0.533. The van der Waals surface area contributed by atoms with E-state index in [-0.39, 0.29) is 18.1 Å². The number of hydrogen-bond donors (Lipinski definition) is 2. The van der Waals surface area contributed by atoms with Gasteiger partial charge in [0.1, 0.15) is 6.10 Å². The molecule has 2 atom stereocenters. The number of ether oxygens (including phenoxy) is 1. The number of nitrogens with one attached hydrogen (secondary N) is 2. The zero-order valence-corrected chi connectivity index (χ0v) is 12.6. The van der Waals surface area contributed by atoms with Gasteiger partial charge in [0, 0.05) is 42.9 Å². The monoisotopic (exact) mass is 309 g/mol. The van der Waals surface area contributed by atoms with Crippen LogP contribution in [0.5, 0.6) is 0 Å². The zero-order chi connectivity index (χ0) is 14.7. The summed E-state index contributed by atoms with van der Waals surface area (Å²) in [5, 5.41) is 6.99. The number of benzene rings is 1. The maximum atomic E-state index is 12.1. The molecule has 0 aliphatic carbocycles. The molecule has 0 bridgehead atoms. The lowest BCUT2D eigenvalue weighted by Gasteiger charge is -2.24. The molecule has 1 aromatic rings. The minimum absolute atomic E-state index is 0.0138. The Morgan fingerprint density at radius 3 is 3.14 bits per heavy atom. The number of halogens is 1. The van der Waals surface area contributed by atoms with Crippen LogP contribution in [-0.2, 0) is 9.53 Å². The second-order valence-corrected chi connectivity index (χ2v) is 5.92. The van der Waals surface area contributed by atoms with Crippen LogP contribution >= 0.6 is 11.6 Å².